The zero-order valence-electron chi connectivity index (χ0n) is 22.4. The Labute approximate surface area is 238 Å². The molecule has 0 spiro atoms. The Hall–Kier alpha value is -4.74. The summed E-state index contributed by atoms with van der Waals surface area (Å²) in [5, 5.41) is 12.4. The number of aromatic nitrogens is 3. The summed E-state index contributed by atoms with van der Waals surface area (Å²) >= 11 is 6.13. The Balaban J connectivity index is 1.26. The van der Waals surface area contributed by atoms with Crippen molar-refractivity contribution in [1.82, 2.24) is 19.4 Å². The van der Waals surface area contributed by atoms with Crippen LogP contribution in [0.1, 0.15) is 34.0 Å². The number of fused-ring (bicyclic) bond motifs is 3. The van der Waals surface area contributed by atoms with E-state index in [4.69, 9.17) is 22.2 Å². The van der Waals surface area contributed by atoms with Crippen molar-refractivity contribution in [1.29, 1.82) is 5.26 Å². The molecule has 0 amide bonds. The predicted molar refractivity (Wildman–Crippen MR) is 160 cm³/mol. The van der Waals surface area contributed by atoms with Crippen molar-refractivity contribution in [2.75, 3.05) is 25.6 Å². The van der Waals surface area contributed by atoms with Crippen LogP contribution in [-0.2, 0) is 13.0 Å². The molecule has 2 heterocycles. The van der Waals surface area contributed by atoms with Crippen LogP contribution in [0.15, 0.2) is 91.5 Å². The fourth-order valence-corrected chi connectivity index (χ4v) is 5.55. The molecule has 0 unspecified atom stereocenters. The van der Waals surface area contributed by atoms with E-state index >= 15 is 0 Å². The van der Waals surface area contributed by atoms with E-state index in [0.717, 1.165) is 35.0 Å². The van der Waals surface area contributed by atoms with E-state index in [1.54, 1.807) is 13.3 Å². The van der Waals surface area contributed by atoms with E-state index in [2.05, 4.69) is 61.9 Å². The molecule has 0 radical (unpaired) electrons. The molecule has 0 N–H and O–H groups in total. The van der Waals surface area contributed by atoms with Crippen molar-refractivity contribution in [3.05, 3.63) is 119 Å². The molecule has 40 heavy (non-hydrogen) atoms. The van der Waals surface area contributed by atoms with Gasteiger partial charge in [0.1, 0.15) is 0 Å². The average molecular weight is 545 g/mol. The van der Waals surface area contributed by atoms with Gasteiger partial charge >= 0.3 is 0 Å². The summed E-state index contributed by atoms with van der Waals surface area (Å²) in [6.07, 6.45) is 6.35. The number of benzene rings is 3. The van der Waals surface area contributed by atoms with E-state index in [1.165, 1.54) is 21.9 Å². The maximum Gasteiger partial charge on any atom is 0.213 e. The molecule has 1 aliphatic carbocycles. The number of pyridine rings is 1. The van der Waals surface area contributed by atoms with Gasteiger partial charge in [-0.15, -0.1) is 0 Å². The normalized spacial score (nSPS) is 13.4. The highest BCUT2D eigenvalue weighted by Crippen LogP contribution is 2.50. The Morgan fingerprint density at radius 3 is 2.62 bits per heavy atom. The van der Waals surface area contributed by atoms with Gasteiger partial charge in [0.25, 0.3) is 0 Å². The van der Waals surface area contributed by atoms with Crippen molar-refractivity contribution < 1.29 is 4.74 Å². The third-order valence-electron chi connectivity index (χ3n) is 7.49. The second-order valence-electron chi connectivity index (χ2n) is 9.86. The van der Waals surface area contributed by atoms with Gasteiger partial charge in [0, 0.05) is 44.5 Å². The molecule has 0 bridgehead atoms. The molecule has 198 valence electrons. The lowest BCUT2D eigenvalue weighted by molar-refractivity contribution is 0.397. The summed E-state index contributed by atoms with van der Waals surface area (Å²) < 4.78 is 7.40. The maximum absolute atomic E-state index is 9.11. The molecule has 2 aromatic heterocycles. The molecule has 0 aliphatic heterocycles. The largest absolute Gasteiger partial charge is 0.481 e. The van der Waals surface area contributed by atoms with E-state index < -0.39 is 0 Å². The van der Waals surface area contributed by atoms with Crippen LogP contribution in [0.5, 0.6) is 5.88 Å². The van der Waals surface area contributed by atoms with Crippen molar-refractivity contribution in [3.8, 4) is 11.9 Å². The van der Waals surface area contributed by atoms with Crippen LogP contribution < -0.4 is 9.64 Å². The SMILES string of the molecule is COc1ccc(N(C)C(=S)N(CCc2cncn2Cc2ccc(C#N)cc2)[C@H]2c3ccc4ccccc4c32)cn1. The number of nitriles is 1. The van der Waals surface area contributed by atoms with Crippen LogP contribution >= 0.6 is 12.2 Å². The topological polar surface area (TPSA) is 70.2 Å². The van der Waals surface area contributed by atoms with Gasteiger partial charge in [0.2, 0.25) is 5.88 Å². The highest BCUT2D eigenvalue weighted by molar-refractivity contribution is 7.80. The van der Waals surface area contributed by atoms with E-state index in [-0.39, 0.29) is 6.04 Å². The number of rotatable bonds is 8. The lowest BCUT2D eigenvalue weighted by Crippen LogP contribution is -2.41. The number of hydrogen-bond donors (Lipinski definition) is 0. The Morgan fingerprint density at radius 2 is 1.88 bits per heavy atom. The first kappa shape index (κ1) is 25.5. The standard InChI is InChI=1S/C32H28N6OS/c1-36(25-12-14-29(39-2)35-19-25)32(40)38(31-28-13-11-24-5-3-4-6-27(24)30(28)31)16-15-26-18-34-21-37(26)20-23-9-7-22(17-33)8-10-23/h3-14,18-19,21,31H,15-16,20H2,1-2H3/t31-/m0/s1. The quantitative estimate of drug-likeness (QED) is 0.231. The maximum atomic E-state index is 9.11. The second-order valence-corrected chi connectivity index (χ2v) is 10.2. The lowest BCUT2D eigenvalue weighted by Gasteiger charge is -2.32. The number of thiocarbonyl (C=S) groups is 1. The van der Waals surface area contributed by atoms with Gasteiger partial charge in [-0.25, -0.2) is 9.97 Å². The van der Waals surface area contributed by atoms with Gasteiger partial charge in [-0.1, -0.05) is 48.5 Å². The van der Waals surface area contributed by atoms with E-state index in [0.29, 0.717) is 18.0 Å². The highest BCUT2D eigenvalue weighted by atomic mass is 32.1. The molecule has 8 heteroatoms. The molecule has 7 nitrogen and oxygen atoms in total. The van der Waals surface area contributed by atoms with Crippen LogP contribution in [-0.4, -0.2) is 45.2 Å². The van der Waals surface area contributed by atoms with Crippen molar-refractivity contribution >= 4 is 33.8 Å². The number of methoxy groups -OCH3 is 1. The molecule has 1 aliphatic rings. The summed E-state index contributed by atoms with van der Waals surface area (Å²) in [6.45, 7) is 1.41. The van der Waals surface area contributed by atoms with Gasteiger partial charge in [0.05, 0.1) is 43.0 Å². The minimum atomic E-state index is 0.121. The van der Waals surface area contributed by atoms with Crippen molar-refractivity contribution in [2.24, 2.45) is 0 Å². The Morgan fingerprint density at radius 1 is 1.05 bits per heavy atom. The molecule has 0 saturated heterocycles. The summed E-state index contributed by atoms with van der Waals surface area (Å²) in [4.78, 5) is 13.1. The monoisotopic (exact) mass is 544 g/mol. The fraction of sp³-hybridized carbons (Fsp3) is 0.188. The third-order valence-corrected chi connectivity index (χ3v) is 8.00. The Bertz CT molecular complexity index is 1720. The number of anilines is 1. The van der Waals surface area contributed by atoms with Gasteiger partial charge in [-0.2, -0.15) is 5.26 Å². The molecule has 0 saturated carbocycles. The number of hydrogen-bond acceptors (Lipinski definition) is 5. The van der Waals surface area contributed by atoms with Crippen molar-refractivity contribution in [3.63, 3.8) is 0 Å². The van der Waals surface area contributed by atoms with E-state index in [9.17, 15) is 0 Å². The molecule has 6 rings (SSSR count). The summed E-state index contributed by atoms with van der Waals surface area (Å²) in [7, 11) is 3.60. The molecule has 1 atom stereocenters. The molecule has 0 fully saturated rings. The highest BCUT2D eigenvalue weighted by Gasteiger charge is 2.41. The van der Waals surface area contributed by atoms with Gasteiger partial charge in [-0.05, 0) is 57.9 Å². The average Bonchev–Trinajstić information content (AvgIpc) is 3.58. The lowest BCUT2D eigenvalue weighted by atomic mass is 10.1. The van der Waals surface area contributed by atoms with Gasteiger partial charge in [0.15, 0.2) is 5.11 Å². The zero-order chi connectivity index (χ0) is 27.6. The number of imidazole rings is 1. The predicted octanol–water partition coefficient (Wildman–Crippen LogP) is 5.73. The van der Waals surface area contributed by atoms with Crippen LogP contribution in [0, 0.1) is 11.3 Å². The minimum absolute atomic E-state index is 0.121. The minimum Gasteiger partial charge on any atom is -0.481 e. The molecule has 3 aromatic carbocycles. The Kier molecular flexibility index (Phi) is 6.89. The molecule has 5 aromatic rings. The zero-order valence-corrected chi connectivity index (χ0v) is 23.2. The third kappa shape index (κ3) is 4.88. The fourth-order valence-electron chi connectivity index (χ4n) is 5.25. The number of ether oxygens (including phenoxy) is 1. The van der Waals surface area contributed by atoms with Gasteiger partial charge < -0.3 is 19.1 Å². The van der Waals surface area contributed by atoms with Gasteiger partial charge in [-0.3, -0.25) is 0 Å². The molecular formula is C32H28N6OS. The second kappa shape index (κ2) is 10.8. The van der Waals surface area contributed by atoms with Crippen molar-refractivity contribution in [2.45, 2.75) is 19.0 Å². The van der Waals surface area contributed by atoms with E-state index in [1.807, 2.05) is 60.9 Å². The van der Waals surface area contributed by atoms with Crippen LogP contribution in [0.4, 0.5) is 5.69 Å². The van der Waals surface area contributed by atoms with Crippen LogP contribution in [0.2, 0.25) is 0 Å². The van der Waals surface area contributed by atoms with Crippen LogP contribution in [0.3, 0.4) is 0 Å². The first-order valence-corrected chi connectivity index (χ1v) is 13.5. The number of nitrogens with zero attached hydrogens (tertiary/aromatic N) is 6. The first-order valence-electron chi connectivity index (χ1n) is 13.1. The smallest absolute Gasteiger partial charge is 0.213 e. The molecular weight excluding hydrogens is 516 g/mol. The summed E-state index contributed by atoms with van der Waals surface area (Å²) in [6, 6.07) is 26.7. The first-order chi connectivity index (χ1) is 19.6. The summed E-state index contributed by atoms with van der Waals surface area (Å²) in [5.41, 5.74) is 6.46. The summed E-state index contributed by atoms with van der Waals surface area (Å²) in [5.74, 6) is 0.566. The van der Waals surface area contributed by atoms with Crippen LogP contribution in [0.25, 0.3) is 10.8 Å².